The van der Waals surface area contributed by atoms with Gasteiger partial charge in [0.05, 0.1) is 11.3 Å². The van der Waals surface area contributed by atoms with Crippen LogP contribution in [0, 0.1) is 5.92 Å². The van der Waals surface area contributed by atoms with Crippen LogP contribution in [0.1, 0.15) is 57.3 Å². The summed E-state index contributed by atoms with van der Waals surface area (Å²) in [5.74, 6) is -0.574. The fourth-order valence-corrected chi connectivity index (χ4v) is 5.43. The molecular weight excluding hydrogens is 402 g/mol. The van der Waals surface area contributed by atoms with Crippen LogP contribution in [-0.2, 0) is 22.4 Å². The zero-order valence-corrected chi connectivity index (χ0v) is 17.7. The molecule has 0 radical (unpaired) electrons. The number of benzene rings is 1. The van der Waals surface area contributed by atoms with Crippen LogP contribution in [0.4, 0.5) is 10.7 Å². The van der Waals surface area contributed by atoms with E-state index in [1.807, 2.05) is 0 Å². The molecule has 2 aliphatic rings. The second-order valence-electron chi connectivity index (χ2n) is 7.76. The molecule has 4 amide bonds. The van der Waals surface area contributed by atoms with Gasteiger partial charge in [-0.2, -0.15) is 0 Å². The van der Waals surface area contributed by atoms with Gasteiger partial charge in [-0.1, -0.05) is 13.0 Å². The van der Waals surface area contributed by atoms with Gasteiger partial charge < -0.3 is 10.6 Å². The Morgan fingerprint density at radius 3 is 2.53 bits per heavy atom. The number of amides is 4. The van der Waals surface area contributed by atoms with Gasteiger partial charge >= 0.3 is 0 Å². The monoisotopic (exact) mass is 425 g/mol. The standard InChI is InChI=1S/C22H23N3O4S/c1-12-6-7-15-16(10-12)30-22(19(15)21(29)23-2)24-20(28)13-4-3-5-14(11-13)25-17(26)8-9-18(25)27/h3-5,11-12H,6-10H2,1-2H3,(H,23,29)(H,24,28)/t12-/m1/s1. The lowest BCUT2D eigenvalue weighted by Gasteiger charge is -2.18. The molecule has 4 rings (SSSR count). The molecule has 1 saturated heterocycles. The maximum Gasteiger partial charge on any atom is 0.256 e. The number of carbonyl (C=O) groups is 4. The largest absolute Gasteiger partial charge is 0.355 e. The van der Waals surface area contributed by atoms with E-state index in [4.69, 9.17) is 0 Å². The summed E-state index contributed by atoms with van der Waals surface area (Å²) < 4.78 is 0. The molecule has 0 saturated carbocycles. The number of anilines is 2. The van der Waals surface area contributed by atoms with E-state index in [1.54, 1.807) is 25.2 Å². The Balaban J connectivity index is 1.63. The van der Waals surface area contributed by atoms with Gasteiger partial charge in [-0.15, -0.1) is 11.3 Å². The fraction of sp³-hybridized carbons (Fsp3) is 0.364. The summed E-state index contributed by atoms with van der Waals surface area (Å²) in [4.78, 5) is 51.8. The van der Waals surface area contributed by atoms with Gasteiger partial charge in [0.1, 0.15) is 5.00 Å². The third-order valence-corrected chi connectivity index (χ3v) is 6.78. The van der Waals surface area contributed by atoms with E-state index < -0.39 is 0 Å². The van der Waals surface area contributed by atoms with Crippen molar-refractivity contribution in [3.63, 3.8) is 0 Å². The number of imide groups is 1. The van der Waals surface area contributed by atoms with Crippen LogP contribution in [0.2, 0.25) is 0 Å². The summed E-state index contributed by atoms with van der Waals surface area (Å²) in [5.41, 5.74) is 2.28. The molecule has 0 bridgehead atoms. The molecule has 1 aromatic heterocycles. The summed E-state index contributed by atoms with van der Waals surface area (Å²) in [6.45, 7) is 2.19. The summed E-state index contributed by atoms with van der Waals surface area (Å²) in [7, 11) is 1.58. The predicted octanol–water partition coefficient (Wildman–Crippen LogP) is 3.14. The Kier molecular flexibility index (Phi) is 5.42. The molecule has 1 aliphatic carbocycles. The Morgan fingerprint density at radius 1 is 1.10 bits per heavy atom. The van der Waals surface area contributed by atoms with Crippen molar-refractivity contribution in [1.29, 1.82) is 0 Å². The Bertz CT molecular complexity index is 1040. The highest BCUT2D eigenvalue weighted by molar-refractivity contribution is 7.17. The van der Waals surface area contributed by atoms with Gasteiger partial charge in [0.25, 0.3) is 11.8 Å². The van der Waals surface area contributed by atoms with Crippen LogP contribution in [-0.4, -0.2) is 30.7 Å². The highest BCUT2D eigenvalue weighted by Crippen LogP contribution is 2.40. The molecule has 1 aromatic carbocycles. The summed E-state index contributed by atoms with van der Waals surface area (Å²) >= 11 is 1.45. The quantitative estimate of drug-likeness (QED) is 0.736. The number of fused-ring (bicyclic) bond motifs is 1. The zero-order valence-electron chi connectivity index (χ0n) is 16.9. The first-order valence-electron chi connectivity index (χ1n) is 10.0. The molecule has 2 heterocycles. The predicted molar refractivity (Wildman–Crippen MR) is 115 cm³/mol. The van der Waals surface area contributed by atoms with Crippen LogP contribution < -0.4 is 15.5 Å². The molecule has 7 nitrogen and oxygen atoms in total. The number of nitrogens with zero attached hydrogens (tertiary/aromatic N) is 1. The Morgan fingerprint density at radius 2 is 1.83 bits per heavy atom. The Hall–Kier alpha value is -3.00. The average molecular weight is 426 g/mol. The highest BCUT2D eigenvalue weighted by atomic mass is 32.1. The number of hydrogen-bond acceptors (Lipinski definition) is 5. The van der Waals surface area contributed by atoms with Crippen LogP contribution in [0.5, 0.6) is 0 Å². The fourth-order valence-electron chi connectivity index (χ4n) is 4.03. The maximum atomic E-state index is 13.0. The second-order valence-corrected chi connectivity index (χ2v) is 8.87. The number of rotatable bonds is 4. The molecule has 1 fully saturated rings. The van der Waals surface area contributed by atoms with Gasteiger partial charge in [0.2, 0.25) is 11.8 Å². The van der Waals surface area contributed by atoms with Crippen LogP contribution >= 0.6 is 11.3 Å². The minimum Gasteiger partial charge on any atom is -0.355 e. The molecule has 1 aliphatic heterocycles. The molecule has 0 unspecified atom stereocenters. The van der Waals surface area contributed by atoms with Crippen molar-refractivity contribution < 1.29 is 19.2 Å². The maximum absolute atomic E-state index is 13.0. The lowest BCUT2D eigenvalue weighted by Crippen LogP contribution is -2.28. The van der Waals surface area contributed by atoms with Gasteiger partial charge in [0.15, 0.2) is 0 Å². The molecule has 2 aromatic rings. The first kappa shape index (κ1) is 20.3. The molecule has 30 heavy (non-hydrogen) atoms. The minimum absolute atomic E-state index is 0.184. The third-order valence-electron chi connectivity index (χ3n) is 5.61. The van der Waals surface area contributed by atoms with Crippen LogP contribution in [0.15, 0.2) is 24.3 Å². The first-order valence-corrected chi connectivity index (χ1v) is 10.8. The van der Waals surface area contributed by atoms with Crippen molar-refractivity contribution in [3.8, 4) is 0 Å². The van der Waals surface area contributed by atoms with Crippen LogP contribution in [0.25, 0.3) is 0 Å². The Labute approximate surface area is 178 Å². The summed E-state index contributed by atoms with van der Waals surface area (Å²) in [5, 5.41) is 6.10. The first-order chi connectivity index (χ1) is 14.4. The third kappa shape index (κ3) is 3.63. The topological polar surface area (TPSA) is 95.6 Å². The van der Waals surface area contributed by atoms with E-state index >= 15 is 0 Å². The van der Waals surface area contributed by atoms with Gasteiger partial charge in [-0.3, -0.25) is 24.1 Å². The van der Waals surface area contributed by atoms with Crippen molar-refractivity contribution in [1.82, 2.24) is 5.32 Å². The van der Waals surface area contributed by atoms with E-state index in [1.165, 1.54) is 17.4 Å². The molecular formula is C22H23N3O4S. The SMILES string of the molecule is CNC(=O)c1c(NC(=O)c2cccc(N3C(=O)CCC3=O)c2)sc2c1CC[C@@H](C)C2. The zero-order chi connectivity index (χ0) is 21.4. The van der Waals surface area contributed by atoms with E-state index in [2.05, 4.69) is 17.6 Å². The number of nitrogens with one attached hydrogen (secondary N) is 2. The summed E-state index contributed by atoms with van der Waals surface area (Å²) in [6, 6.07) is 6.44. The summed E-state index contributed by atoms with van der Waals surface area (Å²) in [6.07, 6.45) is 3.10. The van der Waals surface area contributed by atoms with Gasteiger partial charge in [-0.05, 0) is 48.9 Å². The smallest absolute Gasteiger partial charge is 0.256 e. The molecule has 156 valence electrons. The van der Waals surface area contributed by atoms with Crippen molar-refractivity contribution >= 4 is 45.7 Å². The van der Waals surface area contributed by atoms with Crippen LogP contribution in [0.3, 0.4) is 0 Å². The van der Waals surface area contributed by atoms with E-state index in [9.17, 15) is 19.2 Å². The lowest BCUT2D eigenvalue weighted by molar-refractivity contribution is -0.121. The molecule has 0 spiro atoms. The average Bonchev–Trinajstić information content (AvgIpc) is 3.25. The normalized spacial score (nSPS) is 18.3. The highest BCUT2D eigenvalue weighted by Gasteiger charge is 2.31. The van der Waals surface area contributed by atoms with Crippen molar-refractivity contribution in [2.24, 2.45) is 5.92 Å². The minimum atomic E-state index is -0.382. The van der Waals surface area contributed by atoms with E-state index in [-0.39, 0.29) is 36.5 Å². The molecule has 8 heteroatoms. The van der Waals surface area contributed by atoms with Gasteiger partial charge in [-0.25, -0.2) is 0 Å². The van der Waals surface area contributed by atoms with Crippen molar-refractivity contribution in [2.75, 3.05) is 17.3 Å². The van der Waals surface area contributed by atoms with E-state index in [0.717, 1.165) is 34.6 Å². The van der Waals surface area contributed by atoms with Crippen molar-refractivity contribution in [3.05, 3.63) is 45.8 Å². The van der Waals surface area contributed by atoms with E-state index in [0.29, 0.717) is 27.7 Å². The number of hydrogen-bond donors (Lipinski definition) is 2. The molecule has 1 atom stereocenters. The number of carbonyl (C=O) groups excluding carboxylic acids is 4. The van der Waals surface area contributed by atoms with Crippen molar-refractivity contribution in [2.45, 2.75) is 39.0 Å². The second kappa shape index (κ2) is 8.02. The van der Waals surface area contributed by atoms with Gasteiger partial charge in [0, 0.05) is 30.3 Å². The number of thiophene rings is 1. The molecule has 2 N–H and O–H groups in total. The lowest BCUT2D eigenvalue weighted by atomic mass is 9.88.